The number of nitrogens with one attached hydrogen (secondary N) is 2. The molecule has 92 valence electrons. The van der Waals surface area contributed by atoms with E-state index in [9.17, 15) is 9.18 Å². The van der Waals surface area contributed by atoms with Gasteiger partial charge in [0.25, 0.3) is 0 Å². The lowest BCUT2D eigenvalue weighted by atomic mass is 9.97. The van der Waals surface area contributed by atoms with Crippen LogP contribution in [0.15, 0.2) is 18.2 Å². The van der Waals surface area contributed by atoms with E-state index in [0.29, 0.717) is 12.2 Å². The molecule has 0 unspecified atom stereocenters. The molecule has 1 aliphatic rings. The molecule has 3 N–H and O–H groups in total. The molecule has 4 nitrogen and oxygen atoms in total. The highest BCUT2D eigenvalue weighted by Gasteiger charge is 2.29. The van der Waals surface area contributed by atoms with Gasteiger partial charge in [-0.05, 0) is 24.6 Å². The molecule has 17 heavy (non-hydrogen) atoms. The first-order chi connectivity index (χ1) is 8.08. The van der Waals surface area contributed by atoms with Gasteiger partial charge in [-0.2, -0.15) is 0 Å². The Labute approximate surface area is 98.8 Å². The highest BCUT2D eigenvalue weighted by Crippen LogP contribution is 2.22. The minimum Gasteiger partial charge on any atom is -0.505 e. The minimum absolute atomic E-state index is 0.0909. The number of carbonyl (C=O) groups excluding carboxylic acids is 1. The van der Waals surface area contributed by atoms with E-state index in [1.807, 2.05) is 6.92 Å². The molecule has 1 saturated heterocycles. The number of anilines is 1. The average molecular weight is 238 g/mol. The zero-order valence-corrected chi connectivity index (χ0v) is 9.53. The molecule has 2 atom stereocenters. The fourth-order valence-corrected chi connectivity index (χ4v) is 1.98. The van der Waals surface area contributed by atoms with Gasteiger partial charge in [-0.15, -0.1) is 0 Å². The number of rotatable bonds is 2. The monoisotopic (exact) mass is 238 g/mol. The molecular formula is C12H15FN2O2. The molecule has 5 heteroatoms. The quantitative estimate of drug-likeness (QED) is 0.681. The molecule has 1 aromatic rings. The van der Waals surface area contributed by atoms with Crippen molar-refractivity contribution < 1.29 is 14.3 Å². The van der Waals surface area contributed by atoms with Gasteiger partial charge in [0.05, 0.1) is 5.92 Å². The van der Waals surface area contributed by atoms with E-state index >= 15 is 0 Å². The number of aromatic hydroxyl groups is 1. The average Bonchev–Trinajstić information content (AvgIpc) is 2.70. The maximum atomic E-state index is 13.1. The van der Waals surface area contributed by atoms with Crippen LogP contribution in [0, 0.1) is 17.7 Å². The second-order valence-corrected chi connectivity index (χ2v) is 4.40. The van der Waals surface area contributed by atoms with Crippen molar-refractivity contribution in [1.29, 1.82) is 0 Å². The van der Waals surface area contributed by atoms with Crippen LogP contribution in [0.1, 0.15) is 6.92 Å². The van der Waals surface area contributed by atoms with E-state index in [4.69, 9.17) is 5.11 Å². The van der Waals surface area contributed by atoms with Crippen LogP contribution in [-0.4, -0.2) is 24.1 Å². The molecule has 0 aliphatic carbocycles. The van der Waals surface area contributed by atoms with Gasteiger partial charge in [0.15, 0.2) is 11.6 Å². The van der Waals surface area contributed by atoms with E-state index in [1.165, 1.54) is 12.1 Å². The van der Waals surface area contributed by atoms with E-state index in [2.05, 4.69) is 10.6 Å². The van der Waals surface area contributed by atoms with E-state index in [0.717, 1.165) is 12.6 Å². The predicted octanol–water partition coefficient (Wildman–Crippen LogP) is 1.33. The van der Waals surface area contributed by atoms with Crippen molar-refractivity contribution in [2.75, 3.05) is 18.4 Å². The lowest BCUT2D eigenvalue weighted by Crippen LogP contribution is -2.27. The molecule has 1 fully saturated rings. The summed E-state index contributed by atoms with van der Waals surface area (Å²) in [6.07, 6.45) is 0. The second kappa shape index (κ2) is 4.71. The van der Waals surface area contributed by atoms with Gasteiger partial charge in [-0.3, -0.25) is 4.79 Å². The highest BCUT2D eigenvalue weighted by molar-refractivity contribution is 5.93. The van der Waals surface area contributed by atoms with Gasteiger partial charge in [-0.25, -0.2) is 4.39 Å². The van der Waals surface area contributed by atoms with Gasteiger partial charge < -0.3 is 15.7 Å². The number of halogens is 1. The van der Waals surface area contributed by atoms with Crippen LogP contribution >= 0.6 is 0 Å². The van der Waals surface area contributed by atoms with Crippen molar-refractivity contribution in [3.05, 3.63) is 24.0 Å². The maximum absolute atomic E-state index is 13.1. The van der Waals surface area contributed by atoms with Crippen molar-refractivity contribution in [2.45, 2.75) is 6.92 Å². The Bertz CT molecular complexity index is 437. The standard InChI is InChI=1S/C12H15FN2O2/c1-7-5-14-6-9(7)12(17)15-8-2-3-11(16)10(13)4-8/h2-4,7,9,14,16H,5-6H2,1H3,(H,15,17)/t7-,9-/m1/s1. The summed E-state index contributed by atoms with van der Waals surface area (Å²) in [5, 5.41) is 14.8. The van der Waals surface area contributed by atoms with Crippen LogP contribution < -0.4 is 10.6 Å². The van der Waals surface area contributed by atoms with Gasteiger partial charge in [0.2, 0.25) is 5.91 Å². The largest absolute Gasteiger partial charge is 0.505 e. The summed E-state index contributed by atoms with van der Waals surface area (Å²) in [5.41, 5.74) is 0.365. The van der Waals surface area contributed by atoms with Crippen molar-refractivity contribution >= 4 is 11.6 Å². The summed E-state index contributed by atoms with van der Waals surface area (Å²) in [4.78, 5) is 11.9. The molecule has 0 aromatic heterocycles. The molecule has 2 rings (SSSR count). The molecule has 0 saturated carbocycles. The number of hydrogen-bond donors (Lipinski definition) is 3. The van der Waals surface area contributed by atoms with Crippen LogP contribution in [-0.2, 0) is 4.79 Å². The number of amides is 1. The predicted molar refractivity (Wildman–Crippen MR) is 62.2 cm³/mol. The van der Waals surface area contributed by atoms with Crippen molar-refractivity contribution in [2.24, 2.45) is 11.8 Å². The summed E-state index contributed by atoms with van der Waals surface area (Å²) >= 11 is 0. The van der Waals surface area contributed by atoms with Gasteiger partial charge in [0.1, 0.15) is 0 Å². The number of hydrogen-bond acceptors (Lipinski definition) is 3. The number of carbonyl (C=O) groups is 1. The number of phenolic OH excluding ortho intramolecular Hbond substituents is 1. The summed E-state index contributed by atoms with van der Waals surface area (Å²) in [7, 11) is 0. The summed E-state index contributed by atoms with van der Waals surface area (Å²) in [6, 6.07) is 3.81. The third kappa shape index (κ3) is 2.55. The Morgan fingerprint density at radius 1 is 1.53 bits per heavy atom. The van der Waals surface area contributed by atoms with Gasteiger partial charge in [-0.1, -0.05) is 6.92 Å². The lowest BCUT2D eigenvalue weighted by Gasteiger charge is -2.14. The molecule has 0 radical (unpaired) electrons. The molecular weight excluding hydrogens is 223 g/mol. The second-order valence-electron chi connectivity index (χ2n) is 4.40. The third-order valence-corrected chi connectivity index (χ3v) is 3.07. The smallest absolute Gasteiger partial charge is 0.229 e. The van der Waals surface area contributed by atoms with Crippen LogP contribution in [0.2, 0.25) is 0 Å². The number of phenols is 1. The summed E-state index contributed by atoms with van der Waals surface area (Å²) < 4.78 is 13.1. The first kappa shape index (κ1) is 11.9. The highest BCUT2D eigenvalue weighted by atomic mass is 19.1. The van der Waals surface area contributed by atoms with E-state index in [1.54, 1.807) is 0 Å². The summed E-state index contributed by atoms with van der Waals surface area (Å²) in [6.45, 7) is 3.47. The van der Waals surface area contributed by atoms with E-state index in [-0.39, 0.29) is 17.7 Å². The molecule has 1 amide bonds. The van der Waals surface area contributed by atoms with Crippen molar-refractivity contribution in [3.63, 3.8) is 0 Å². The van der Waals surface area contributed by atoms with Gasteiger partial charge >= 0.3 is 0 Å². The molecule has 0 bridgehead atoms. The van der Waals surface area contributed by atoms with Crippen LogP contribution in [0.3, 0.4) is 0 Å². The Balaban J connectivity index is 2.05. The first-order valence-corrected chi connectivity index (χ1v) is 5.58. The summed E-state index contributed by atoms with van der Waals surface area (Å²) in [5.74, 6) is -1.09. The minimum atomic E-state index is -0.736. The molecule has 1 aliphatic heterocycles. The molecule has 1 aromatic carbocycles. The number of benzene rings is 1. The van der Waals surface area contributed by atoms with Crippen molar-refractivity contribution in [3.8, 4) is 5.75 Å². The first-order valence-electron chi connectivity index (χ1n) is 5.58. The Kier molecular flexibility index (Phi) is 3.28. The normalized spacial score (nSPS) is 23.6. The Morgan fingerprint density at radius 3 is 2.88 bits per heavy atom. The Morgan fingerprint density at radius 2 is 2.29 bits per heavy atom. The SMILES string of the molecule is C[C@@H]1CNC[C@H]1C(=O)Nc1ccc(O)c(F)c1. The fourth-order valence-electron chi connectivity index (χ4n) is 1.98. The lowest BCUT2D eigenvalue weighted by molar-refractivity contribution is -0.120. The topological polar surface area (TPSA) is 61.4 Å². The zero-order valence-electron chi connectivity index (χ0n) is 9.53. The Hall–Kier alpha value is -1.62. The molecule has 1 heterocycles. The van der Waals surface area contributed by atoms with Crippen LogP contribution in [0.4, 0.5) is 10.1 Å². The van der Waals surface area contributed by atoms with Crippen molar-refractivity contribution in [1.82, 2.24) is 5.32 Å². The van der Waals surface area contributed by atoms with Crippen LogP contribution in [0.5, 0.6) is 5.75 Å². The third-order valence-electron chi connectivity index (χ3n) is 3.07. The fraction of sp³-hybridized carbons (Fsp3) is 0.417. The van der Waals surface area contributed by atoms with Gasteiger partial charge in [0, 0.05) is 18.3 Å². The molecule has 0 spiro atoms. The maximum Gasteiger partial charge on any atom is 0.229 e. The van der Waals surface area contributed by atoms with E-state index < -0.39 is 11.6 Å². The zero-order chi connectivity index (χ0) is 12.4. The van der Waals surface area contributed by atoms with Crippen LogP contribution in [0.25, 0.3) is 0 Å².